The largest absolute Gasteiger partial charge is 0.479 e. The number of allylic oxidation sites excluding steroid dienone is 2. The van der Waals surface area contributed by atoms with Crippen LogP contribution in [0.15, 0.2) is 12.2 Å². The van der Waals surface area contributed by atoms with E-state index < -0.39 is 42.3 Å². The SMILES string of the molecule is C[C@]12CC=CC[C@@H]1CC[C@@H]1[C@@H]2CC[C@@]2(C)[C@H]1CC[C@]2(C)OC1OC(C(=O)O)C(O)C(O)C1O. The fourth-order valence-electron chi connectivity index (χ4n) is 8.66. The lowest BCUT2D eigenvalue weighted by atomic mass is 9.45. The number of rotatable bonds is 3. The van der Waals surface area contributed by atoms with Gasteiger partial charge in [-0.3, -0.25) is 0 Å². The van der Waals surface area contributed by atoms with E-state index >= 15 is 0 Å². The predicted molar refractivity (Wildman–Crippen MR) is 120 cm³/mol. The molecule has 3 saturated carbocycles. The molecule has 5 rings (SSSR count). The summed E-state index contributed by atoms with van der Waals surface area (Å²) in [6.45, 7) is 6.87. The second-order valence-corrected chi connectivity index (χ2v) is 12.1. The maximum Gasteiger partial charge on any atom is 0.335 e. The third-order valence-electron chi connectivity index (χ3n) is 10.9. The van der Waals surface area contributed by atoms with Crippen molar-refractivity contribution in [1.82, 2.24) is 0 Å². The summed E-state index contributed by atoms with van der Waals surface area (Å²) in [6, 6.07) is 0. The summed E-state index contributed by atoms with van der Waals surface area (Å²) < 4.78 is 11.9. The molecule has 186 valence electrons. The average molecular weight is 465 g/mol. The second kappa shape index (κ2) is 8.02. The Hall–Kier alpha value is -0.990. The van der Waals surface area contributed by atoms with Crippen LogP contribution >= 0.6 is 0 Å². The number of carbonyl (C=O) groups is 1. The van der Waals surface area contributed by atoms with Gasteiger partial charge in [0.15, 0.2) is 12.4 Å². The highest BCUT2D eigenvalue weighted by Crippen LogP contribution is 2.68. The van der Waals surface area contributed by atoms with Crippen molar-refractivity contribution in [1.29, 1.82) is 0 Å². The Morgan fingerprint density at radius 1 is 0.939 bits per heavy atom. The zero-order valence-corrected chi connectivity index (χ0v) is 20.0. The molecule has 5 unspecified atom stereocenters. The molecule has 0 aromatic carbocycles. The third-order valence-corrected chi connectivity index (χ3v) is 10.9. The first kappa shape index (κ1) is 23.7. The maximum atomic E-state index is 11.5. The Morgan fingerprint density at radius 3 is 2.39 bits per heavy atom. The molecule has 1 aliphatic heterocycles. The van der Waals surface area contributed by atoms with Gasteiger partial charge in [-0.05, 0) is 92.8 Å². The van der Waals surface area contributed by atoms with E-state index in [4.69, 9.17) is 9.47 Å². The lowest BCUT2D eigenvalue weighted by Crippen LogP contribution is -2.63. The first-order valence-electron chi connectivity index (χ1n) is 12.8. The molecule has 0 aromatic rings. The van der Waals surface area contributed by atoms with Crippen molar-refractivity contribution in [2.45, 2.75) is 108 Å². The number of aliphatic carboxylic acids is 1. The van der Waals surface area contributed by atoms with E-state index in [1.54, 1.807) is 0 Å². The van der Waals surface area contributed by atoms with Gasteiger partial charge in [0.2, 0.25) is 0 Å². The normalized spacial score (nSPS) is 56.0. The van der Waals surface area contributed by atoms with E-state index in [9.17, 15) is 25.2 Å². The number of aliphatic hydroxyl groups excluding tert-OH is 3. The molecule has 7 heteroatoms. The van der Waals surface area contributed by atoms with Crippen molar-refractivity contribution in [3.8, 4) is 0 Å². The minimum Gasteiger partial charge on any atom is -0.479 e. The molecule has 0 spiro atoms. The molecule has 0 amide bonds. The van der Waals surface area contributed by atoms with Gasteiger partial charge >= 0.3 is 5.97 Å². The highest BCUT2D eigenvalue weighted by atomic mass is 16.7. The van der Waals surface area contributed by atoms with Crippen LogP contribution < -0.4 is 0 Å². The molecule has 1 heterocycles. The van der Waals surface area contributed by atoms with Crippen molar-refractivity contribution >= 4 is 5.97 Å². The summed E-state index contributed by atoms with van der Waals surface area (Å²) in [6.07, 6.45) is 5.93. The van der Waals surface area contributed by atoms with Crippen molar-refractivity contribution in [2.24, 2.45) is 34.5 Å². The molecule has 0 aromatic heterocycles. The van der Waals surface area contributed by atoms with Crippen LogP contribution in [0.1, 0.15) is 72.1 Å². The van der Waals surface area contributed by atoms with Crippen molar-refractivity contribution in [2.75, 3.05) is 0 Å². The van der Waals surface area contributed by atoms with Crippen LogP contribution in [0, 0.1) is 34.5 Å². The van der Waals surface area contributed by atoms with Gasteiger partial charge in [0.05, 0.1) is 5.60 Å². The Kier molecular flexibility index (Phi) is 5.77. The van der Waals surface area contributed by atoms with Crippen LogP contribution in [0.5, 0.6) is 0 Å². The smallest absolute Gasteiger partial charge is 0.335 e. The maximum absolute atomic E-state index is 11.5. The number of ether oxygens (including phenoxy) is 2. The molecule has 4 fully saturated rings. The molecule has 5 aliphatic rings. The van der Waals surface area contributed by atoms with Crippen LogP contribution in [-0.2, 0) is 14.3 Å². The van der Waals surface area contributed by atoms with Gasteiger partial charge in [-0.15, -0.1) is 0 Å². The molecule has 0 bridgehead atoms. The van der Waals surface area contributed by atoms with E-state index in [2.05, 4.69) is 32.9 Å². The van der Waals surface area contributed by atoms with Crippen LogP contribution in [0.3, 0.4) is 0 Å². The third kappa shape index (κ3) is 3.37. The Morgan fingerprint density at radius 2 is 1.67 bits per heavy atom. The summed E-state index contributed by atoms with van der Waals surface area (Å²) in [5, 5.41) is 40.2. The first-order valence-corrected chi connectivity index (χ1v) is 12.8. The molecular weight excluding hydrogens is 424 g/mol. The van der Waals surface area contributed by atoms with E-state index in [0.717, 1.165) is 31.6 Å². The van der Waals surface area contributed by atoms with Gasteiger partial charge in [0.1, 0.15) is 18.3 Å². The monoisotopic (exact) mass is 464 g/mol. The predicted octanol–water partition coefficient (Wildman–Crippen LogP) is 2.86. The quantitative estimate of drug-likeness (QED) is 0.475. The first-order chi connectivity index (χ1) is 15.5. The van der Waals surface area contributed by atoms with Crippen molar-refractivity contribution < 1.29 is 34.7 Å². The molecular formula is C26H40O7. The summed E-state index contributed by atoms with van der Waals surface area (Å²) in [5.41, 5.74) is -0.356. The fourth-order valence-corrected chi connectivity index (χ4v) is 8.66. The van der Waals surface area contributed by atoms with E-state index in [1.165, 1.54) is 25.7 Å². The summed E-state index contributed by atoms with van der Waals surface area (Å²) >= 11 is 0. The summed E-state index contributed by atoms with van der Waals surface area (Å²) in [7, 11) is 0. The topological polar surface area (TPSA) is 116 Å². The minimum atomic E-state index is -1.70. The number of carboxylic acids is 1. The highest BCUT2D eigenvalue weighted by molar-refractivity contribution is 5.73. The average Bonchev–Trinajstić information content (AvgIpc) is 3.04. The lowest BCUT2D eigenvalue weighted by Gasteiger charge is -2.61. The molecule has 33 heavy (non-hydrogen) atoms. The zero-order chi connectivity index (χ0) is 23.8. The molecule has 4 N–H and O–H groups in total. The van der Waals surface area contributed by atoms with Crippen molar-refractivity contribution in [3.05, 3.63) is 12.2 Å². The Labute approximate surface area is 196 Å². The molecule has 4 aliphatic carbocycles. The molecule has 12 atom stereocenters. The van der Waals surface area contributed by atoms with Crippen LogP contribution in [0.4, 0.5) is 0 Å². The number of hydrogen-bond donors (Lipinski definition) is 4. The lowest BCUT2D eigenvalue weighted by molar-refractivity contribution is -0.332. The van der Waals surface area contributed by atoms with Crippen LogP contribution in [0.2, 0.25) is 0 Å². The molecule has 1 saturated heterocycles. The van der Waals surface area contributed by atoms with Gasteiger partial charge in [-0.25, -0.2) is 4.79 Å². The van der Waals surface area contributed by atoms with Gasteiger partial charge in [-0.1, -0.05) is 26.0 Å². The van der Waals surface area contributed by atoms with Gasteiger partial charge in [-0.2, -0.15) is 0 Å². The van der Waals surface area contributed by atoms with Crippen LogP contribution in [0.25, 0.3) is 0 Å². The van der Waals surface area contributed by atoms with E-state index in [1.807, 2.05) is 0 Å². The molecule has 0 radical (unpaired) electrons. The minimum absolute atomic E-state index is 0.120. The standard InChI is InChI=1S/C26H40O7/c1-24-11-5-4-6-14(24)7-8-15-16(24)9-12-25(2)17(15)10-13-26(25,3)33-23-20(29)18(27)19(28)21(32-23)22(30)31/h4-5,14-21,23,27-29H,6-13H2,1-3H3,(H,30,31)/t14-,15-,16+,17+,18?,19?,20?,21?,23?,24+,25+,26+/m1/s1. The summed E-state index contributed by atoms with van der Waals surface area (Å²) in [4.78, 5) is 11.5. The van der Waals surface area contributed by atoms with Crippen molar-refractivity contribution in [3.63, 3.8) is 0 Å². The van der Waals surface area contributed by atoms with Crippen LogP contribution in [-0.4, -0.2) is 62.7 Å². The van der Waals surface area contributed by atoms with Gasteiger partial charge < -0.3 is 29.9 Å². The number of aliphatic hydroxyl groups is 3. The van der Waals surface area contributed by atoms with Gasteiger partial charge in [0, 0.05) is 0 Å². The number of carboxylic acid groups (broad SMARTS) is 1. The molecule has 7 nitrogen and oxygen atoms in total. The number of fused-ring (bicyclic) bond motifs is 5. The van der Waals surface area contributed by atoms with E-state index in [-0.39, 0.29) is 5.41 Å². The van der Waals surface area contributed by atoms with E-state index in [0.29, 0.717) is 23.2 Å². The Balaban J connectivity index is 1.37. The highest BCUT2D eigenvalue weighted by Gasteiger charge is 2.65. The zero-order valence-electron chi connectivity index (χ0n) is 20.0. The fraction of sp³-hybridized carbons (Fsp3) is 0.885. The number of hydrogen-bond acceptors (Lipinski definition) is 6. The Bertz CT molecular complexity index is 814. The second-order valence-electron chi connectivity index (χ2n) is 12.1. The summed E-state index contributed by atoms with van der Waals surface area (Å²) in [5.74, 6) is 1.28. The van der Waals surface area contributed by atoms with Gasteiger partial charge in [0.25, 0.3) is 0 Å².